The van der Waals surface area contributed by atoms with Gasteiger partial charge in [0.25, 0.3) is 0 Å². The predicted octanol–water partition coefficient (Wildman–Crippen LogP) is 5.13. The topological polar surface area (TPSA) is 24.4 Å². The van der Waals surface area contributed by atoms with Crippen molar-refractivity contribution in [1.29, 1.82) is 0 Å². The molecule has 0 bridgehead atoms. The molecule has 0 spiro atoms. The molecule has 1 N–H and O–H groups in total. The van der Waals surface area contributed by atoms with Crippen LogP contribution in [0.2, 0.25) is 0 Å². The van der Waals surface area contributed by atoms with Gasteiger partial charge in [-0.25, -0.2) is 0 Å². The lowest BCUT2D eigenvalue weighted by Gasteiger charge is -2.20. The van der Waals surface area contributed by atoms with E-state index in [1.807, 2.05) is 11.8 Å². The Bertz CT molecular complexity index is 472. The average Bonchev–Trinajstić information content (AvgIpc) is 2.78. The van der Waals surface area contributed by atoms with E-state index < -0.39 is 0 Å². The van der Waals surface area contributed by atoms with Gasteiger partial charge in [-0.2, -0.15) is 0 Å². The monoisotopic (exact) mass is 438 g/mol. The third-order valence-corrected chi connectivity index (χ3v) is 6.79. The van der Waals surface area contributed by atoms with E-state index in [9.17, 15) is 0 Å². The molecule has 0 amide bonds. The molecule has 5 heteroatoms. The summed E-state index contributed by atoms with van der Waals surface area (Å²) in [5, 5.41) is 4.46. The summed E-state index contributed by atoms with van der Waals surface area (Å²) < 4.78 is 2.34. The fourth-order valence-corrected chi connectivity index (χ4v) is 3.90. The first-order chi connectivity index (χ1) is 8.58. The van der Waals surface area contributed by atoms with E-state index in [2.05, 4.69) is 75.9 Å². The van der Waals surface area contributed by atoms with Crippen LogP contribution in [0.1, 0.15) is 26.7 Å². The molecule has 0 saturated heterocycles. The van der Waals surface area contributed by atoms with Gasteiger partial charge >= 0.3 is 0 Å². The third kappa shape index (κ3) is 3.22. The highest BCUT2D eigenvalue weighted by molar-refractivity contribution is 14.1. The van der Waals surface area contributed by atoms with Crippen LogP contribution in [0.15, 0.2) is 27.7 Å². The Balaban J connectivity index is 2.13. The van der Waals surface area contributed by atoms with Gasteiger partial charge in [-0.1, -0.05) is 25.6 Å². The minimum atomic E-state index is 0.146. The van der Waals surface area contributed by atoms with Gasteiger partial charge in [0.1, 0.15) is 0 Å². The van der Waals surface area contributed by atoms with Gasteiger partial charge in [0.15, 0.2) is 5.17 Å². The van der Waals surface area contributed by atoms with Gasteiger partial charge in [-0.3, -0.25) is 4.99 Å². The number of amidine groups is 1. The molecule has 1 aliphatic heterocycles. The van der Waals surface area contributed by atoms with Crippen LogP contribution >= 0.6 is 50.3 Å². The highest BCUT2D eigenvalue weighted by Crippen LogP contribution is 2.34. The predicted molar refractivity (Wildman–Crippen MR) is 93.7 cm³/mol. The van der Waals surface area contributed by atoms with Crippen molar-refractivity contribution in [2.75, 3.05) is 11.1 Å². The van der Waals surface area contributed by atoms with E-state index in [4.69, 9.17) is 4.99 Å². The highest BCUT2D eigenvalue weighted by atomic mass is 127. The summed E-state index contributed by atoms with van der Waals surface area (Å²) in [6.45, 7) is 4.44. The first kappa shape index (κ1) is 14.7. The Labute approximate surface area is 135 Å². The summed E-state index contributed by atoms with van der Waals surface area (Å²) in [7, 11) is 0. The molecule has 0 aromatic heterocycles. The molecule has 18 heavy (non-hydrogen) atoms. The second-order valence-corrected chi connectivity index (χ2v) is 7.37. The van der Waals surface area contributed by atoms with E-state index in [0.29, 0.717) is 0 Å². The number of hydrogen-bond donors (Lipinski definition) is 1. The molecule has 0 saturated carbocycles. The molecule has 0 unspecified atom stereocenters. The van der Waals surface area contributed by atoms with E-state index in [1.165, 1.54) is 3.57 Å². The van der Waals surface area contributed by atoms with Crippen molar-refractivity contribution in [3.63, 3.8) is 0 Å². The standard InChI is InChI=1S/C13H16BrIN2S/c1-3-13(4-2)8-18-12(17-13)16-9-5-6-11(15)10(14)7-9/h5-7H,3-4,8H2,1-2H3,(H,16,17). The summed E-state index contributed by atoms with van der Waals surface area (Å²) >= 11 is 7.69. The van der Waals surface area contributed by atoms with Gasteiger partial charge in [0.05, 0.1) is 5.54 Å². The minimum absolute atomic E-state index is 0.146. The van der Waals surface area contributed by atoms with Crippen molar-refractivity contribution in [2.24, 2.45) is 4.99 Å². The maximum absolute atomic E-state index is 4.86. The number of thioether (sulfide) groups is 1. The zero-order valence-electron chi connectivity index (χ0n) is 10.5. The lowest BCUT2D eigenvalue weighted by Crippen LogP contribution is -2.24. The fraction of sp³-hybridized carbons (Fsp3) is 0.462. The quantitative estimate of drug-likeness (QED) is 0.661. The summed E-state index contributed by atoms with van der Waals surface area (Å²) in [4.78, 5) is 4.86. The Morgan fingerprint density at radius 1 is 1.44 bits per heavy atom. The summed E-state index contributed by atoms with van der Waals surface area (Å²) in [6.07, 6.45) is 2.22. The van der Waals surface area contributed by atoms with Crippen molar-refractivity contribution in [2.45, 2.75) is 32.2 Å². The number of nitrogens with zero attached hydrogens (tertiary/aromatic N) is 1. The number of aliphatic imine (C=N–C) groups is 1. The summed E-state index contributed by atoms with van der Waals surface area (Å²) in [6, 6.07) is 6.29. The van der Waals surface area contributed by atoms with Crippen molar-refractivity contribution < 1.29 is 0 Å². The molecule has 98 valence electrons. The summed E-state index contributed by atoms with van der Waals surface area (Å²) in [5.74, 6) is 1.09. The highest BCUT2D eigenvalue weighted by Gasteiger charge is 2.32. The van der Waals surface area contributed by atoms with Crippen LogP contribution in [0.3, 0.4) is 0 Å². The molecule has 0 radical (unpaired) electrons. The Kier molecular flexibility index (Phi) is 4.99. The molecule has 0 fully saturated rings. The molecule has 0 aliphatic carbocycles. The Hall–Kier alpha value is 0.250. The zero-order valence-corrected chi connectivity index (χ0v) is 15.0. The van der Waals surface area contributed by atoms with E-state index >= 15 is 0 Å². The van der Waals surface area contributed by atoms with E-state index in [1.54, 1.807) is 0 Å². The van der Waals surface area contributed by atoms with Gasteiger partial charge in [-0.05, 0) is 69.6 Å². The second kappa shape index (κ2) is 6.13. The number of nitrogens with one attached hydrogen (secondary N) is 1. The van der Waals surface area contributed by atoms with Gasteiger partial charge in [0, 0.05) is 19.5 Å². The number of hydrogen-bond acceptors (Lipinski definition) is 3. The minimum Gasteiger partial charge on any atom is -0.335 e. The van der Waals surface area contributed by atoms with Gasteiger partial charge in [0.2, 0.25) is 0 Å². The van der Waals surface area contributed by atoms with Gasteiger partial charge < -0.3 is 5.32 Å². The average molecular weight is 439 g/mol. The molecular weight excluding hydrogens is 423 g/mol. The van der Waals surface area contributed by atoms with Crippen molar-refractivity contribution >= 4 is 61.1 Å². The van der Waals surface area contributed by atoms with Crippen LogP contribution in [0.4, 0.5) is 5.69 Å². The number of halogens is 2. The molecule has 2 nitrogen and oxygen atoms in total. The molecular formula is C13H16BrIN2S. The fourth-order valence-electron chi connectivity index (χ4n) is 1.86. The smallest absolute Gasteiger partial charge is 0.161 e. The lowest BCUT2D eigenvalue weighted by atomic mass is 9.97. The SMILES string of the molecule is CCC1(CC)CSC(Nc2ccc(I)c(Br)c2)=N1. The van der Waals surface area contributed by atoms with Gasteiger partial charge in [-0.15, -0.1) is 0 Å². The largest absolute Gasteiger partial charge is 0.335 e. The number of benzene rings is 1. The molecule has 1 aliphatic rings. The molecule has 1 aromatic rings. The zero-order chi connectivity index (χ0) is 13.2. The van der Waals surface area contributed by atoms with Crippen molar-refractivity contribution in [3.05, 3.63) is 26.2 Å². The summed E-state index contributed by atoms with van der Waals surface area (Å²) in [5.41, 5.74) is 1.24. The van der Waals surface area contributed by atoms with Crippen molar-refractivity contribution in [3.8, 4) is 0 Å². The molecule has 1 heterocycles. The number of anilines is 1. The Morgan fingerprint density at radius 3 is 2.72 bits per heavy atom. The third-order valence-electron chi connectivity index (χ3n) is 3.30. The van der Waals surface area contributed by atoms with Crippen LogP contribution < -0.4 is 5.32 Å². The van der Waals surface area contributed by atoms with Crippen LogP contribution in [-0.2, 0) is 0 Å². The molecule has 0 atom stereocenters. The normalized spacial score (nSPS) is 17.7. The van der Waals surface area contributed by atoms with Crippen LogP contribution in [0.5, 0.6) is 0 Å². The first-order valence-electron chi connectivity index (χ1n) is 6.03. The van der Waals surface area contributed by atoms with Crippen LogP contribution in [0, 0.1) is 3.57 Å². The van der Waals surface area contributed by atoms with Crippen molar-refractivity contribution in [1.82, 2.24) is 0 Å². The van der Waals surface area contributed by atoms with Crippen LogP contribution in [0.25, 0.3) is 0 Å². The maximum atomic E-state index is 4.86. The number of rotatable bonds is 3. The second-order valence-electron chi connectivity index (χ2n) is 4.39. The van der Waals surface area contributed by atoms with E-state index in [0.717, 1.165) is 33.9 Å². The Morgan fingerprint density at radius 2 is 2.17 bits per heavy atom. The lowest BCUT2D eigenvalue weighted by molar-refractivity contribution is 0.456. The van der Waals surface area contributed by atoms with Crippen LogP contribution in [-0.4, -0.2) is 16.5 Å². The molecule has 2 rings (SSSR count). The van der Waals surface area contributed by atoms with E-state index in [-0.39, 0.29) is 5.54 Å². The first-order valence-corrected chi connectivity index (χ1v) is 8.89. The molecule has 1 aromatic carbocycles. The maximum Gasteiger partial charge on any atom is 0.161 e.